The van der Waals surface area contributed by atoms with Crippen molar-refractivity contribution in [3.63, 3.8) is 0 Å². The van der Waals surface area contributed by atoms with E-state index in [0.29, 0.717) is 5.82 Å². The highest BCUT2D eigenvalue weighted by Crippen LogP contribution is 2.24. The van der Waals surface area contributed by atoms with E-state index in [2.05, 4.69) is 48.2 Å². The summed E-state index contributed by atoms with van der Waals surface area (Å²) in [7, 11) is 0. The summed E-state index contributed by atoms with van der Waals surface area (Å²) in [6.07, 6.45) is 1.63. The van der Waals surface area contributed by atoms with Crippen LogP contribution >= 0.6 is 11.6 Å². The van der Waals surface area contributed by atoms with Gasteiger partial charge in [-0.15, -0.1) is 0 Å². The van der Waals surface area contributed by atoms with Gasteiger partial charge in [0.1, 0.15) is 5.82 Å². The molecule has 1 heterocycles. The monoisotopic (exact) mass is 261 g/mol. The Labute approximate surface area is 112 Å². The molecule has 2 rings (SSSR count). The van der Waals surface area contributed by atoms with Crippen molar-refractivity contribution in [2.45, 2.75) is 26.2 Å². The van der Waals surface area contributed by atoms with E-state index in [-0.39, 0.29) is 10.7 Å². The quantitative estimate of drug-likeness (QED) is 0.825. The van der Waals surface area contributed by atoms with Gasteiger partial charge in [0.15, 0.2) is 0 Å². The zero-order valence-electron chi connectivity index (χ0n) is 10.7. The summed E-state index contributed by atoms with van der Waals surface area (Å²) >= 11 is 5.73. The van der Waals surface area contributed by atoms with Crippen LogP contribution in [0.4, 0.5) is 11.5 Å². The number of halogens is 1. The zero-order valence-corrected chi connectivity index (χ0v) is 11.5. The average molecular weight is 262 g/mol. The van der Waals surface area contributed by atoms with E-state index in [4.69, 9.17) is 11.6 Å². The molecule has 2 aromatic rings. The maximum Gasteiger partial charge on any atom is 0.224 e. The van der Waals surface area contributed by atoms with Gasteiger partial charge >= 0.3 is 0 Å². The fourth-order valence-electron chi connectivity index (χ4n) is 1.61. The van der Waals surface area contributed by atoms with Crippen LogP contribution < -0.4 is 5.32 Å². The van der Waals surface area contributed by atoms with Crippen LogP contribution in [0.1, 0.15) is 26.3 Å². The third-order valence-corrected chi connectivity index (χ3v) is 2.83. The fraction of sp³-hybridized carbons (Fsp3) is 0.286. The number of anilines is 2. The smallest absolute Gasteiger partial charge is 0.224 e. The SMILES string of the molecule is CC(C)(C)c1ccc(Nc2ccnc(Cl)n2)cc1. The Kier molecular flexibility index (Phi) is 3.53. The van der Waals surface area contributed by atoms with Crippen LogP contribution in [0.3, 0.4) is 0 Å². The normalized spacial score (nSPS) is 11.3. The van der Waals surface area contributed by atoms with Gasteiger partial charge in [-0.05, 0) is 40.8 Å². The second-order valence-electron chi connectivity index (χ2n) is 5.16. The van der Waals surface area contributed by atoms with Crippen LogP contribution in [0.2, 0.25) is 5.28 Å². The molecule has 0 bridgehead atoms. The van der Waals surface area contributed by atoms with E-state index < -0.39 is 0 Å². The van der Waals surface area contributed by atoms with E-state index in [9.17, 15) is 0 Å². The molecule has 0 fully saturated rings. The highest BCUT2D eigenvalue weighted by molar-refractivity contribution is 6.28. The van der Waals surface area contributed by atoms with Crippen LogP contribution in [-0.2, 0) is 5.41 Å². The summed E-state index contributed by atoms with van der Waals surface area (Å²) in [5, 5.41) is 3.43. The molecule has 0 aliphatic rings. The molecule has 1 N–H and O–H groups in total. The minimum absolute atomic E-state index is 0.163. The first-order chi connectivity index (χ1) is 8.45. The molecule has 0 unspecified atom stereocenters. The standard InChI is InChI=1S/C14H16ClN3/c1-14(2,3)10-4-6-11(7-5-10)17-12-8-9-16-13(15)18-12/h4-9H,1-3H3,(H,16,17,18). The van der Waals surface area contributed by atoms with Gasteiger partial charge in [-0.2, -0.15) is 0 Å². The van der Waals surface area contributed by atoms with Crippen molar-refractivity contribution in [2.24, 2.45) is 0 Å². The Morgan fingerprint density at radius 3 is 2.28 bits per heavy atom. The molecule has 1 aromatic heterocycles. The average Bonchev–Trinajstić information content (AvgIpc) is 2.28. The van der Waals surface area contributed by atoms with E-state index in [0.717, 1.165) is 5.69 Å². The van der Waals surface area contributed by atoms with Gasteiger partial charge in [0.05, 0.1) is 0 Å². The zero-order chi connectivity index (χ0) is 13.2. The molecule has 4 heteroatoms. The number of nitrogens with one attached hydrogen (secondary N) is 1. The van der Waals surface area contributed by atoms with Gasteiger partial charge in [-0.25, -0.2) is 9.97 Å². The van der Waals surface area contributed by atoms with E-state index in [1.165, 1.54) is 5.56 Å². The highest BCUT2D eigenvalue weighted by atomic mass is 35.5. The second kappa shape index (κ2) is 4.94. The predicted octanol–water partition coefficient (Wildman–Crippen LogP) is 4.17. The van der Waals surface area contributed by atoms with Gasteiger partial charge < -0.3 is 5.32 Å². The Morgan fingerprint density at radius 1 is 1.06 bits per heavy atom. The van der Waals surface area contributed by atoms with Crippen molar-refractivity contribution in [1.29, 1.82) is 0 Å². The molecule has 0 spiro atoms. The molecular formula is C14H16ClN3. The first kappa shape index (κ1) is 12.8. The maximum atomic E-state index is 5.73. The molecule has 0 aliphatic carbocycles. The molecular weight excluding hydrogens is 246 g/mol. The van der Waals surface area contributed by atoms with Crippen molar-refractivity contribution < 1.29 is 0 Å². The Bertz CT molecular complexity index is 529. The number of benzene rings is 1. The Balaban J connectivity index is 2.16. The third kappa shape index (κ3) is 3.20. The highest BCUT2D eigenvalue weighted by Gasteiger charge is 2.12. The summed E-state index contributed by atoms with van der Waals surface area (Å²) < 4.78 is 0. The lowest BCUT2D eigenvalue weighted by atomic mass is 9.87. The maximum absolute atomic E-state index is 5.73. The largest absolute Gasteiger partial charge is 0.340 e. The molecule has 18 heavy (non-hydrogen) atoms. The van der Waals surface area contributed by atoms with Gasteiger partial charge in [0.2, 0.25) is 5.28 Å². The minimum atomic E-state index is 0.163. The molecule has 0 amide bonds. The lowest BCUT2D eigenvalue weighted by molar-refractivity contribution is 0.590. The number of nitrogens with zero attached hydrogens (tertiary/aromatic N) is 2. The summed E-state index contributed by atoms with van der Waals surface area (Å²) in [5.41, 5.74) is 2.45. The van der Waals surface area contributed by atoms with Crippen LogP contribution in [0.25, 0.3) is 0 Å². The van der Waals surface area contributed by atoms with Crippen LogP contribution in [0.5, 0.6) is 0 Å². The van der Waals surface area contributed by atoms with Crippen molar-refractivity contribution >= 4 is 23.1 Å². The molecule has 0 atom stereocenters. The number of rotatable bonds is 2. The van der Waals surface area contributed by atoms with Gasteiger partial charge in [0.25, 0.3) is 0 Å². The summed E-state index contributed by atoms with van der Waals surface area (Å²) in [6, 6.07) is 10.1. The van der Waals surface area contributed by atoms with E-state index in [1.54, 1.807) is 12.3 Å². The van der Waals surface area contributed by atoms with Crippen molar-refractivity contribution in [3.05, 3.63) is 47.4 Å². The van der Waals surface area contributed by atoms with E-state index in [1.807, 2.05) is 12.1 Å². The lowest BCUT2D eigenvalue weighted by Gasteiger charge is -2.19. The molecule has 0 radical (unpaired) electrons. The van der Waals surface area contributed by atoms with Crippen molar-refractivity contribution in [2.75, 3.05) is 5.32 Å². The van der Waals surface area contributed by atoms with Gasteiger partial charge in [-0.3, -0.25) is 0 Å². The topological polar surface area (TPSA) is 37.8 Å². The molecule has 0 aliphatic heterocycles. The minimum Gasteiger partial charge on any atom is -0.340 e. The molecule has 0 saturated carbocycles. The second-order valence-corrected chi connectivity index (χ2v) is 5.50. The number of aromatic nitrogens is 2. The fourth-order valence-corrected chi connectivity index (χ4v) is 1.75. The molecule has 94 valence electrons. The first-order valence-electron chi connectivity index (χ1n) is 5.81. The summed E-state index contributed by atoms with van der Waals surface area (Å²) in [4.78, 5) is 7.93. The van der Waals surface area contributed by atoms with Gasteiger partial charge in [-0.1, -0.05) is 32.9 Å². The summed E-state index contributed by atoms with van der Waals surface area (Å²) in [6.45, 7) is 6.58. The van der Waals surface area contributed by atoms with Crippen LogP contribution in [0.15, 0.2) is 36.5 Å². The molecule has 0 saturated heterocycles. The lowest BCUT2D eigenvalue weighted by Crippen LogP contribution is -2.10. The van der Waals surface area contributed by atoms with Crippen molar-refractivity contribution in [3.8, 4) is 0 Å². The number of hydrogen-bond acceptors (Lipinski definition) is 3. The van der Waals surface area contributed by atoms with Crippen LogP contribution in [-0.4, -0.2) is 9.97 Å². The van der Waals surface area contributed by atoms with Crippen LogP contribution in [0, 0.1) is 0 Å². The first-order valence-corrected chi connectivity index (χ1v) is 6.19. The third-order valence-electron chi connectivity index (χ3n) is 2.65. The predicted molar refractivity (Wildman–Crippen MR) is 75.5 cm³/mol. The van der Waals surface area contributed by atoms with Crippen molar-refractivity contribution in [1.82, 2.24) is 9.97 Å². The summed E-state index contributed by atoms with van der Waals surface area (Å²) in [5.74, 6) is 0.693. The van der Waals surface area contributed by atoms with E-state index >= 15 is 0 Å². The number of hydrogen-bond donors (Lipinski definition) is 1. The Hall–Kier alpha value is -1.61. The molecule has 1 aromatic carbocycles. The van der Waals surface area contributed by atoms with Gasteiger partial charge in [0, 0.05) is 11.9 Å². The Morgan fingerprint density at radius 2 is 1.72 bits per heavy atom. The molecule has 3 nitrogen and oxygen atoms in total.